The summed E-state index contributed by atoms with van der Waals surface area (Å²) in [6.45, 7) is 8.10. The standard InChI is InChI=1S/C15H20O2/c1-9(2)11-4-5-12(8-16)14-7-15(17)10(3)13(14)6-11/h11,16H,1,4-8H2,2-3H3/t11-/m1/s1. The van der Waals surface area contributed by atoms with E-state index in [2.05, 4.69) is 13.5 Å². The fourth-order valence-corrected chi connectivity index (χ4v) is 2.85. The van der Waals surface area contributed by atoms with Gasteiger partial charge in [-0.1, -0.05) is 12.2 Å². The molecule has 0 spiro atoms. The van der Waals surface area contributed by atoms with Crippen LogP contribution in [0.5, 0.6) is 0 Å². The number of fused-ring (bicyclic) bond motifs is 1. The van der Waals surface area contributed by atoms with E-state index >= 15 is 0 Å². The maximum absolute atomic E-state index is 11.8. The van der Waals surface area contributed by atoms with Crippen LogP contribution < -0.4 is 0 Å². The molecule has 0 unspecified atom stereocenters. The van der Waals surface area contributed by atoms with Gasteiger partial charge >= 0.3 is 0 Å². The van der Waals surface area contributed by atoms with E-state index in [-0.39, 0.29) is 12.4 Å². The van der Waals surface area contributed by atoms with Gasteiger partial charge in [-0.25, -0.2) is 0 Å². The summed E-state index contributed by atoms with van der Waals surface area (Å²) >= 11 is 0. The van der Waals surface area contributed by atoms with Crippen LogP contribution in [0.15, 0.2) is 34.4 Å². The minimum atomic E-state index is 0.0856. The van der Waals surface area contributed by atoms with Gasteiger partial charge in [0.1, 0.15) is 0 Å². The lowest BCUT2D eigenvalue weighted by molar-refractivity contribution is -0.114. The van der Waals surface area contributed by atoms with Crippen molar-refractivity contribution < 1.29 is 9.90 Å². The molecule has 0 radical (unpaired) electrons. The van der Waals surface area contributed by atoms with Crippen molar-refractivity contribution in [3.8, 4) is 0 Å². The lowest BCUT2D eigenvalue weighted by atomic mass is 9.90. The van der Waals surface area contributed by atoms with E-state index in [1.165, 1.54) is 11.1 Å². The third-order valence-electron chi connectivity index (χ3n) is 4.13. The van der Waals surface area contributed by atoms with Crippen molar-refractivity contribution in [3.05, 3.63) is 34.4 Å². The predicted octanol–water partition coefficient (Wildman–Crippen LogP) is 2.94. The first-order valence-electron chi connectivity index (χ1n) is 6.25. The van der Waals surface area contributed by atoms with E-state index in [4.69, 9.17) is 0 Å². The summed E-state index contributed by atoms with van der Waals surface area (Å²) in [5, 5.41) is 9.45. The third-order valence-corrected chi connectivity index (χ3v) is 4.13. The molecule has 0 saturated carbocycles. The first kappa shape index (κ1) is 12.3. The summed E-state index contributed by atoms with van der Waals surface area (Å²) in [7, 11) is 0. The van der Waals surface area contributed by atoms with E-state index in [9.17, 15) is 9.90 Å². The Labute approximate surface area is 103 Å². The highest BCUT2D eigenvalue weighted by Gasteiger charge is 2.30. The first-order chi connectivity index (χ1) is 8.04. The summed E-state index contributed by atoms with van der Waals surface area (Å²) in [5.41, 5.74) is 5.46. The molecular formula is C15H20O2. The Hall–Kier alpha value is -1.15. The Kier molecular flexibility index (Phi) is 3.34. The Balaban J connectivity index is 2.42. The van der Waals surface area contributed by atoms with E-state index in [1.54, 1.807) is 0 Å². The molecule has 0 bridgehead atoms. The third kappa shape index (κ3) is 2.14. The van der Waals surface area contributed by atoms with Gasteiger partial charge in [0.05, 0.1) is 6.61 Å². The van der Waals surface area contributed by atoms with Crippen LogP contribution in [0.2, 0.25) is 0 Å². The molecule has 1 atom stereocenters. The van der Waals surface area contributed by atoms with Crippen LogP contribution in [-0.4, -0.2) is 17.5 Å². The minimum Gasteiger partial charge on any atom is -0.392 e. The topological polar surface area (TPSA) is 37.3 Å². The van der Waals surface area contributed by atoms with Gasteiger partial charge in [-0.3, -0.25) is 4.79 Å². The molecule has 2 rings (SSSR count). The highest BCUT2D eigenvalue weighted by molar-refractivity contribution is 6.02. The van der Waals surface area contributed by atoms with Crippen LogP contribution >= 0.6 is 0 Å². The van der Waals surface area contributed by atoms with E-state index in [1.807, 2.05) is 6.92 Å². The largest absolute Gasteiger partial charge is 0.392 e. The molecular weight excluding hydrogens is 212 g/mol. The molecule has 0 fully saturated rings. The number of aliphatic hydroxyl groups is 1. The summed E-state index contributed by atoms with van der Waals surface area (Å²) in [4.78, 5) is 11.8. The number of carbonyl (C=O) groups is 1. The van der Waals surface area contributed by atoms with Crippen molar-refractivity contribution in [3.63, 3.8) is 0 Å². The van der Waals surface area contributed by atoms with Gasteiger partial charge in [0.25, 0.3) is 0 Å². The summed E-state index contributed by atoms with van der Waals surface area (Å²) in [6.07, 6.45) is 3.36. The number of carbonyl (C=O) groups excluding carboxylic acids is 1. The summed E-state index contributed by atoms with van der Waals surface area (Å²) in [5.74, 6) is 0.674. The van der Waals surface area contributed by atoms with Gasteiger partial charge in [-0.2, -0.15) is 0 Å². The normalized spacial score (nSPS) is 25.1. The average molecular weight is 232 g/mol. The molecule has 2 nitrogen and oxygen atoms in total. The Bertz CT molecular complexity index is 438. The van der Waals surface area contributed by atoms with Crippen molar-refractivity contribution in [2.75, 3.05) is 6.61 Å². The van der Waals surface area contributed by atoms with Crippen LogP contribution in [0, 0.1) is 5.92 Å². The Morgan fingerprint density at radius 1 is 1.47 bits per heavy atom. The van der Waals surface area contributed by atoms with E-state index in [0.29, 0.717) is 12.3 Å². The van der Waals surface area contributed by atoms with Crippen LogP contribution in [0.1, 0.15) is 39.5 Å². The molecule has 0 aromatic heterocycles. The fraction of sp³-hybridized carbons (Fsp3) is 0.533. The highest BCUT2D eigenvalue weighted by Crippen LogP contribution is 2.41. The molecule has 0 amide bonds. The quantitative estimate of drug-likeness (QED) is 0.743. The molecule has 0 heterocycles. The molecule has 1 N–H and O–H groups in total. The van der Waals surface area contributed by atoms with Crippen LogP contribution in [0.25, 0.3) is 0 Å². The SMILES string of the molecule is C=C(C)[C@@H]1CCC(CO)=C2CC(=O)C(C)=C2C1. The highest BCUT2D eigenvalue weighted by atomic mass is 16.3. The van der Waals surface area contributed by atoms with Gasteiger partial charge in [-0.15, -0.1) is 0 Å². The van der Waals surface area contributed by atoms with Crippen LogP contribution in [-0.2, 0) is 4.79 Å². The van der Waals surface area contributed by atoms with Gasteiger partial charge in [0, 0.05) is 6.42 Å². The fourth-order valence-electron chi connectivity index (χ4n) is 2.85. The molecule has 2 aliphatic carbocycles. The summed E-state index contributed by atoms with van der Waals surface area (Å²) in [6, 6.07) is 0. The number of rotatable bonds is 2. The molecule has 0 aromatic rings. The molecule has 0 aromatic carbocycles. The van der Waals surface area contributed by atoms with Gasteiger partial charge in [0.2, 0.25) is 0 Å². The average Bonchev–Trinajstić information content (AvgIpc) is 2.50. The smallest absolute Gasteiger partial charge is 0.163 e. The van der Waals surface area contributed by atoms with Crippen LogP contribution in [0.4, 0.5) is 0 Å². The van der Waals surface area contributed by atoms with Gasteiger partial charge in [-0.05, 0) is 61.3 Å². The van der Waals surface area contributed by atoms with Crippen molar-refractivity contribution in [1.82, 2.24) is 0 Å². The maximum atomic E-state index is 11.8. The zero-order valence-corrected chi connectivity index (χ0v) is 10.7. The lowest BCUT2D eigenvalue weighted by Crippen LogP contribution is -2.02. The van der Waals surface area contributed by atoms with E-state index < -0.39 is 0 Å². The summed E-state index contributed by atoms with van der Waals surface area (Å²) < 4.78 is 0. The second-order valence-electron chi connectivity index (χ2n) is 5.23. The Morgan fingerprint density at radius 2 is 2.18 bits per heavy atom. The maximum Gasteiger partial charge on any atom is 0.163 e. The number of hydrogen-bond acceptors (Lipinski definition) is 2. The van der Waals surface area contributed by atoms with Gasteiger partial charge < -0.3 is 5.11 Å². The number of hydrogen-bond donors (Lipinski definition) is 1. The molecule has 0 saturated heterocycles. The zero-order chi connectivity index (χ0) is 12.6. The van der Waals surface area contributed by atoms with Gasteiger partial charge in [0.15, 0.2) is 5.78 Å². The predicted molar refractivity (Wildman–Crippen MR) is 68.6 cm³/mol. The number of allylic oxidation sites excluding steroid dienone is 4. The molecule has 17 heavy (non-hydrogen) atoms. The van der Waals surface area contributed by atoms with Crippen molar-refractivity contribution >= 4 is 5.78 Å². The second kappa shape index (κ2) is 4.61. The van der Waals surface area contributed by atoms with Crippen molar-refractivity contribution in [2.45, 2.75) is 39.5 Å². The van der Waals surface area contributed by atoms with E-state index in [0.717, 1.165) is 36.0 Å². The van der Waals surface area contributed by atoms with Crippen molar-refractivity contribution in [2.24, 2.45) is 5.92 Å². The molecule has 2 heteroatoms. The molecule has 0 aliphatic heterocycles. The number of aliphatic hydroxyl groups excluding tert-OH is 1. The first-order valence-corrected chi connectivity index (χ1v) is 6.25. The zero-order valence-electron chi connectivity index (χ0n) is 10.7. The number of Topliss-reactive ketones (excluding diaryl/α,β-unsaturated/α-hetero) is 1. The second-order valence-corrected chi connectivity index (χ2v) is 5.23. The monoisotopic (exact) mass is 232 g/mol. The molecule has 2 aliphatic rings. The number of ketones is 1. The Morgan fingerprint density at radius 3 is 2.76 bits per heavy atom. The van der Waals surface area contributed by atoms with Crippen molar-refractivity contribution in [1.29, 1.82) is 0 Å². The van der Waals surface area contributed by atoms with Crippen LogP contribution in [0.3, 0.4) is 0 Å². The minimum absolute atomic E-state index is 0.0856. The lowest BCUT2D eigenvalue weighted by Gasteiger charge is -2.15. The molecule has 92 valence electrons.